The Morgan fingerprint density at radius 3 is 2.89 bits per heavy atom. The number of hydrogen-bond acceptors (Lipinski definition) is 5. The van der Waals surface area contributed by atoms with Crippen molar-refractivity contribution in [2.24, 2.45) is 5.92 Å². The molecule has 1 aromatic heterocycles. The molecule has 1 fully saturated rings. The van der Waals surface area contributed by atoms with E-state index >= 15 is 0 Å². The molecule has 2 rings (SSSR count). The molecule has 0 radical (unpaired) electrons. The molecule has 1 N–H and O–H groups in total. The van der Waals surface area contributed by atoms with Crippen LogP contribution in [0.25, 0.3) is 0 Å². The molecule has 1 aliphatic rings. The van der Waals surface area contributed by atoms with E-state index in [1.807, 2.05) is 13.0 Å². The van der Waals surface area contributed by atoms with Crippen molar-refractivity contribution >= 4 is 5.95 Å². The monoisotopic (exact) mass is 265 g/mol. The minimum Gasteiger partial charge on any atom is -0.478 e. The zero-order valence-electron chi connectivity index (χ0n) is 11.8. The quantitative estimate of drug-likeness (QED) is 0.856. The van der Waals surface area contributed by atoms with Crippen LogP contribution < -0.4 is 10.1 Å². The van der Waals surface area contributed by atoms with Crippen LogP contribution in [0.2, 0.25) is 0 Å². The molecule has 5 heteroatoms. The van der Waals surface area contributed by atoms with E-state index in [2.05, 4.69) is 22.2 Å². The third kappa shape index (κ3) is 4.67. The third-order valence-corrected chi connectivity index (χ3v) is 3.17. The van der Waals surface area contributed by atoms with Gasteiger partial charge in [-0.05, 0) is 32.1 Å². The highest BCUT2D eigenvalue weighted by Crippen LogP contribution is 2.16. The number of hydrogen-bond donors (Lipinski definition) is 1. The first-order valence-electron chi connectivity index (χ1n) is 7.08. The minimum absolute atomic E-state index is 0.651. The largest absolute Gasteiger partial charge is 0.478 e. The van der Waals surface area contributed by atoms with Crippen LogP contribution >= 0.6 is 0 Å². The second kappa shape index (κ2) is 7.28. The molecule has 1 aliphatic heterocycles. The molecular weight excluding hydrogens is 242 g/mol. The second-order valence-corrected chi connectivity index (χ2v) is 4.96. The highest BCUT2D eigenvalue weighted by Gasteiger charge is 2.14. The van der Waals surface area contributed by atoms with Gasteiger partial charge in [0, 0.05) is 31.5 Å². The second-order valence-electron chi connectivity index (χ2n) is 4.96. The average molecular weight is 265 g/mol. The Hall–Kier alpha value is -1.36. The first-order chi connectivity index (χ1) is 9.28. The Balaban J connectivity index is 1.89. The summed E-state index contributed by atoms with van der Waals surface area (Å²) in [6.07, 6.45) is 3.20. The van der Waals surface area contributed by atoms with Crippen molar-refractivity contribution in [3.63, 3.8) is 0 Å². The van der Waals surface area contributed by atoms with Crippen LogP contribution in [-0.2, 0) is 4.74 Å². The standard InChI is InChI=1S/C14H23N3O2/c1-3-6-19-13-9-11(2)16-14(17-13)15-10-12-4-7-18-8-5-12/h9,12H,3-8,10H2,1-2H3,(H,15,16,17). The molecule has 0 amide bonds. The van der Waals surface area contributed by atoms with Gasteiger partial charge in [0.2, 0.25) is 11.8 Å². The molecular formula is C14H23N3O2. The Labute approximate surface area is 114 Å². The number of anilines is 1. The first-order valence-corrected chi connectivity index (χ1v) is 7.08. The zero-order chi connectivity index (χ0) is 13.5. The summed E-state index contributed by atoms with van der Waals surface area (Å²) >= 11 is 0. The van der Waals surface area contributed by atoms with Crippen molar-refractivity contribution < 1.29 is 9.47 Å². The highest BCUT2D eigenvalue weighted by atomic mass is 16.5. The molecule has 0 atom stereocenters. The fourth-order valence-corrected chi connectivity index (χ4v) is 2.09. The van der Waals surface area contributed by atoms with E-state index in [0.29, 0.717) is 24.4 Å². The van der Waals surface area contributed by atoms with Crippen molar-refractivity contribution in [1.82, 2.24) is 9.97 Å². The summed E-state index contributed by atoms with van der Waals surface area (Å²) in [5, 5.41) is 3.31. The Morgan fingerprint density at radius 1 is 1.37 bits per heavy atom. The van der Waals surface area contributed by atoms with Crippen molar-refractivity contribution in [2.45, 2.75) is 33.1 Å². The number of aryl methyl sites for hydroxylation is 1. The van der Waals surface area contributed by atoms with Crippen LogP contribution in [0.3, 0.4) is 0 Å². The van der Waals surface area contributed by atoms with Gasteiger partial charge in [0.15, 0.2) is 0 Å². The van der Waals surface area contributed by atoms with Crippen molar-refractivity contribution in [3.05, 3.63) is 11.8 Å². The van der Waals surface area contributed by atoms with Gasteiger partial charge in [-0.15, -0.1) is 0 Å². The molecule has 0 spiro atoms. The highest BCUT2D eigenvalue weighted by molar-refractivity contribution is 5.30. The molecule has 0 unspecified atom stereocenters. The summed E-state index contributed by atoms with van der Waals surface area (Å²) in [5.41, 5.74) is 0.926. The topological polar surface area (TPSA) is 56.3 Å². The van der Waals surface area contributed by atoms with Gasteiger partial charge in [0.25, 0.3) is 0 Å². The average Bonchev–Trinajstić information content (AvgIpc) is 2.43. The summed E-state index contributed by atoms with van der Waals surface area (Å²) in [6, 6.07) is 1.87. The normalized spacial score (nSPS) is 16.3. The van der Waals surface area contributed by atoms with Gasteiger partial charge in [-0.25, -0.2) is 4.98 Å². The number of nitrogens with one attached hydrogen (secondary N) is 1. The Bertz CT molecular complexity index is 392. The lowest BCUT2D eigenvalue weighted by atomic mass is 10.0. The van der Waals surface area contributed by atoms with Crippen LogP contribution in [0.5, 0.6) is 5.88 Å². The van der Waals surface area contributed by atoms with Crippen LogP contribution in [0, 0.1) is 12.8 Å². The van der Waals surface area contributed by atoms with Crippen LogP contribution in [0.15, 0.2) is 6.07 Å². The zero-order valence-corrected chi connectivity index (χ0v) is 11.8. The van der Waals surface area contributed by atoms with Crippen LogP contribution in [0.4, 0.5) is 5.95 Å². The van der Waals surface area contributed by atoms with Gasteiger partial charge in [0.05, 0.1) is 6.61 Å². The van der Waals surface area contributed by atoms with Crippen LogP contribution in [-0.4, -0.2) is 36.3 Å². The summed E-state index contributed by atoms with van der Waals surface area (Å²) < 4.78 is 10.9. The first kappa shape index (κ1) is 14.1. The molecule has 0 aromatic carbocycles. The number of ether oxygens (including phenoxy) is 2. The SMILES string of the molecule is CCCOc1cc(C)nc(NCC2CCOCC2)n1. The summed E-state index contributed by atoms with van der Waals surface area (Å²) in [5.74, 6) is 1.97. The maximum absolute atomic E-state index is 5.56. The molecule has 1 saturated heterocycles. The van der Waals surface area contributed by atoms with E-state index in [1.54, 1.807) is 0 Å². The third-order valence-electron chi connectivity index (χ3n) is 3.17. The lowest BCUT2D eigenvalue weighted by molar-refractivity contribution is 0.0699. The Morgan fingerprint density at radius 2 is 2.16 bits per heavy atom. The fraction of sp³-hybridized carbons (Fsp3) is 0.714. The van der Waals surface area contributed by atoms with Gasteiger partial charge in [0.1, 0.15) is 0 Å². The number of aromatic nitrogens is 2. The van der Waals surface area contributed by atoms with Crippen molar-refractivity contribution in [2.75, 3.05) is 31.7 Å². The molecule has 5 nitrogen and oxygen atoms in total. The van der Waals surface area contributed by atoms with Crippen molar-refractivity contribution in [1.29, 1.82) is 0 Å². The maximum atomic E-state index is 5.56. The maximum Gasteiger partial charge on any atom is 0.226 e. The molecule has 2 heterocycles. The van der Waals surface area contributed by atoms with Gasteiger partial charge in [-0.1, -0.05) is 6.92 Å². The predicted octanol–water partition coefficient (Wildman–Crippen LogP) is 2.41. The van der Waals surface area contributed by atoms with Crippen molar-refractivity contribution in [3.8, 4) is 5.88 Å². The Kier molecular flexibility index (Phi) is 5.39. The summed E-state index contributed by atoms with van der Waals surface area (Å²) in [7, 11) is 0. The van der Waals surface area contributed by atoms with E-state index < -0.39 is 0 Å². The fourth-order valence-electron chi connectivity index (χ4n) is 2.09. The minimum atomic E-state index is 0.651. The molecule has 106 valence electrons. The summed E-state index contributed by atoms with van der Waals surface area (Å²) in [4.78, 5) is 8.77. The molecule has 0 aliphatic carbocycles. The number of rotatable bonds is 6. The van der Waals surface area contributed by atoms with E-state index in [4.69, 9.17) is 9.47 Å². The van der Waals surface area contributed by atoms with E-state index in [-0.39, 0.29) is 0 Å². The van der Waals surface area contributed by atoms with E-state index in [0.717, 1.165) is 44.7 Å². The van der Waals surface area contributed by atoms with Gasteiger partial charge in [-0.2, -0.15) is 4.98 Å². The lowest BCUT2D eigenvalue weighted by Gasteiger charge is -2.22. The molecule has 1 aromatic rings. The smallest absolute Gasteiger partial charge is 0.226 e. The predicted molar refractivity (Wildman–Crippen MR) is 74.6 cm³/mol. The molecule has 19 heavy (non-hydrogen) atoms. The summed E-state index contributed by atoms with van der Waals surface area (Å²) in [6.45, 7) is 7.37. The van der Waals surface area contributed by atoms with Crippen LogP contribution in [0.1, 0.15) is 31.9 Å². The van der Waals surface area contributed by atoms with E-state index in [1.165, 1.54) is 0 Å². The number of nitrogens with zero attached hydrogens (tertiary/aromatic N) is 2. The molecule has 0 bridgehead atoms. The lowest BCUT2D eigenvalue weighted by Crippen LogP contribution is -2.23. The van der Waals surface area contributed by atoms with E-state index in [9.17, 15) is 0 Å². The van der Waals surface area contributed by atoms with Gasteiger partial charge in [-0.3, -0.25) is 0 Å². The van der Waals surface area contributed by atoms with Gasteiger partial charge >= 0.3 is 0 Å². The molecule has 0 saturated carbocycles. The van der Waals surface area contributed by atoms with Gasteiger partial charge < -0.3 is 14.8 Å².